The summed E-state index contributed by atoms with van der Waals surface area (Å²) in [7, 11) is 1.76. The maximum atomic E-state index is 10.5. The summed E-state index contributed by atoms with van der Waals surface area (Å²) in [4.78, 5) is 34.0. The molecule has 0 aliphatic carbocycles. The van der Waals surface area contributed by atoms with Crippen molar-refractivity contribution in [1.29, 1.82) is 0 Å². The first-order valence-corrected chi connectivity index (χ1v) is 11.1. The van der Waals surface area contributed by atoms with Crippen LogP contribution in [0.2, 0.25) is 0 Å². The monoisotopic (exact) mass is 455 g/mol. The topological polar surface area (TPSA) is 96.8 Å². The molecule has 1 N–H and O–H groups in total. The first kappa shape index (κ1) is 22.0. The molecule has 3 aromatic heterocycles. The largest absolute Gasteiger partial charge is 0.347 e. The standard InChI is InChI=1S/C18H14N6S.C6H7NO/c1-2-5-13(6-3-1)17-23-15(12-25-17)14-7-10-21-18(24-14)22-11-16-19-8-4-9-20-16;1-7-5-3-2-4-6(7)8/h1-10,12H,11H2,(H,21,22,24);3,5H2,1H3. The Morgan fingerprint density at radius 3 is 2.55 bits per heavy atom. The van der Waals surface area contributed by atoms with Crippen LogP contribution >= 0.6 is 11.3 Å². The van der Waals surface area contributed by atoms with Gasteiger partial charge in [-0.2, -0.15) is 0 Å². The quantitative estimate of drug-likeness (QED) is 0.460. The third-order valence-corrected chi connectivity index (χ3v) is 5.47. The van der Waals surface area contributed by atoms with Gasteiger partial charge in [0.25, 0.3) is 5.91 Å². The van der Waals surface area contributed by atoms with Gasteiger partial charge in [-0.05, 0) is 18.1 Å². The minimum atomic E-state index is -0.0590. The van der Waals surface area contributed by atoms with E-state index in [9.17, 15) is 4.79 Å². The summed E-state index contributed by atoms with van der Waals surface area (Å²) in [6, 6.07) is 13.8. The van der Waals surface area contributed by atoms with Gasteiger partial charge in [0.15, 0.2) is 0 Å². The molecule has 4 aromatic rings. The van der Waals surface area contributed by atoms with Gasteiger partial charge in [0, 0.05) is 49.5 Å². The second-order valence-corrected chi connectivity index (χ2v) is 7.82. The summed E-state index contributed by atoms with van der Waals surface area (Å²) in [6.07, 6.45) is 5.96. The molecule has 0 unspecified atom stereocenters. The zero-order valence-corrected chi connectivity index (χ0v) is 18.8. The van der Waals surface area contributed by atoms with Gasteiger partial charge in [-0.15, -0.1) is 11.3 Å². The average molecular weight is 456 g/mol. The number of nitrogens with zero attached hydrogens (tertiary/aromatic N) is 6. The molecule has 0 spiro atoms. The lowest BCUT2D eigenvalue weighted by Crippen LogP contribution is -2.28. The summed E-state index contributed by atoms with van der Waals surface area (Å²) in [5.41, 5.74) is 2.72. The number of rotatable bonds is 5. The smallest absolute Gasteiger partial charge is 0.298 e. The van der Waals surface area contributed by atoms with E-state index in [-0.39, 0.29) is 5.91 Å². The molecule has 9 heteroatoms. The van der Waals surface area contributed by atoms with Gasteiger partial charge in [0.05, 0.1) is 12.2 Å². The highest BCUT2D eigenvalue weighted by atomic mass is 32.1. The van der Waals surface area contributed by atoms with Crippen LogP contribution in [0.1, 0.15) is 12.2 Å². The number of carbonyl (C=O) groups excluding carboxylic acids is 1. The van der Waals surface area contributed by atoms with Gasteiger partial charge in [-0.1, -0.05) is 36.3 Å². The lowest BCUT2D eigenvalue weighted by atomic mass is 10.2. The van der Waals surface area contributed by atoms with E-state index >= 15 is 0 Å². The number of hydrogen-bond donors (Lipinski definition) is 1. The fraction of sp³-hybridized carbons (Fsp3) is 0.167. The summed E-state index contributed by atoms with van der Waals surface area (Å²) in [5.74, 6) is 6.35. The number of amides is 1. The number of aromatic nitrogens is 5. The van der Waals surface area contributed by atoms with Gasteiger partial charge in [-0.25, -0.2) is 24.9 Å². The van der Waals surface area contributed by atoms with E-state index in [0.29, 0.717) is 18.3 Å². The van der Waals surface area contributed by atoms with Crippen molar-refractivity contribution in [2.24, 2.45) is 0 Å². The van der Waals surface area contributed by atoms with Crippen molar-refractivity contribution < 1.29 is 4.79 Å². The van der Waals surface area contributed by atoms with Crippen LogP contribution in [-0.2, 0) is 11.3 Å². The molecule has 1 aliphatic rings. The molecule has 0 atom stereocenters. The number of hydrogen-bond acceptors (Lipinski definition) is 8. The highest BCUT2D eigenvalue weighted by Gasteiger charge is 2.09. The van der Waals surface area contributed by atoms with E-state index in [0.717, 1.165) is 34.9 Å². The van der Waals surface area contributed by atoms with Crippen molar-refractivity contribution >= 4 is 23.2 Å². The normalized spacial score (nSPS) is 12.3. The third-order valence-electron chi connectivity index (χ3n) is 4.58. The molecule has 1 aromatic carbocycles. The summed E-state index contributed by atoms with van der Waals surface area (Å²) in [5, 5.41) is 6.12. The highest BCUT2D eigenvalue weighted by Crippen LogP contribution is 2.27. The second-order valence-electron chi connectivity index (χ2n) is 6.97. The van der Waals surface area contributed by atoms with E-state index in [1.54, 1.807) is 47.9 Å². The van der Waals surface area contributed by atoms with Crippen LogP contribution in [-0.4, -0.2) is 49.3 Å². The second kappa shape index (κ2) is 10.9. The van der Waals surface area contributed by atoms with Crippen molar-refractivity contribution in [3.05, 3.63) is 72.3 Å². The minimum Gasteiger partial charge on any atom is -0.347 e. The zero-order chi connectivity index (χ0) is 22.9. The van der Waals surface area contributed by atoms with Gasteiger partial charge in [-0.3, -0.25) is 4.79 Å². The predicted molar refractivity (Wildman–Crippen MR) is 128 cm³/mol. The first-order valence-electron chi connectivity index (χ1n) is 10.3. The number of nitrogens with one attached hydrogen (secondary N) is 1. The Labute approximate surface area is 195 Å². The van der Waals surface area contributed by atoms with Crippen molar-refractivity contribution in [1.82, 2.24) is 29.8 Å². The van der Waals surface area contributed by atoms with E-state index in [1.807, 2.05) is 29.6 Å². The van der Waals surface area contributed by atoms with Crippen LogP contribution in [0.15, 0.2) is 66.4 Å². The fourth-order valence-corrected chi connectivity index (χ4v) is 3.65. The zero-order valence-electron chi connectivity index (χ0n) is 18.0. The average Bonchev–Trinajstić information content (AvgIpc) is 3.37. The van der Waals surface area contributed by atoms with Gasteiger partial charge in [0.2, 0.25) is 5.95 Å². The van der Waals surface area contributed by atoms with Crippen LogP contribution in [0, 0.1) is 11.8 Å². The van der Waals surface area contributed by atoms with Gasteiger partial charge < -0.3 is 10.2 Å². The molecule has 0 fully saturated rings. The molecule has 0 saturated heterocycles. The van der Waals surface area contributed by atoms with Gasteiger partial charge >= 0.3 is 0 Å². The lowest BCUT2D eigenvalue weighted by molar-refractivity contribution is -0.124. The molecular formula is C24H21N7OS. The van der Waals surface area contributed by atoms with Crippen molar-refractivity contribution in [3.8, 4) is 33.8 Å². The molecule has 4 heterocycles. The number of benzene rings is 1. The highest BCUT2D eigenvalue weighted by molar-refractivity contribution is 7.13. The van der Waals surface area contributed by atoms with Crippen molar-refractivity contribution in [2.75, 3.05) is 18.9 Å². The Balaban J connectivity index is 0.000000275. The van der Waals surface area contributed by atoms with E-state index in [1.165, 1.54) is 0 Å². The lowest BCUT2D eigenvalue weighted by Gasteiger charge is -2.13. The van der Waals surface area contributed by atoms with E-state index in [4.69, 9.17) is 0 Å². The molecular weight excluding hydrogens is 434 g/mol. The molecule has 164 valence electrons. The van der Waals surface area contributed by atoms with E-state index in [2.05, 4.69) is 54.2 Å². The molecule has 0 saturated carbocycles. The molecule has 33 heavy (non-hydrogen) atoms. The fourth-order valence-electron chi connectivity index (χ4n) is 2.83. The Morgan fingerprint density at radius 2 is 1.82 bits per heavy atom. The Morgan fingerprint density at radius 1 is 1.00 bits per heavy atom. The molecule has 8 nitrogen and oxygen atoms in total. The molecule has 1 amide bonds. The summed E-state index contributed by atoms with van der Waals surface area (Å²) >= 11 is 1.60. The van der Waals surface area contributed by atoms with Crippen LogP contribution in [0.3, 0.4) is 0 Å². The Kier molecular flexibility index (Phi) is 7.30. The third kappa shape index (κ3) is 6.18. The SMILES string of the molecule is CN1CCC#CC1=O.c1ccc(-c2nc(-c3ccnc(NCc4ncccn4)n3)cs2)cc1. The minimum absolute atomic E-state index is 0.0590. The summed E-state index contributed by atoms with van der Waals surface area (Å²) < 4.78 is 0. The van der Waals surface area contributed by atoms with Crippen LogP contribution in [0.25, 0.3) is 22.0 Å². The van der Waals surface area contributed by atoms with E-state index < -0.39 is 0 Å². The Hall–Kier alpha value is -4.16. The molecule has 0 radical (unpaired) electrons. The molecule has 0 bridgehead atoms. The first-order chi connectivity index (χ1) is 16.2. The number of thiazole rings is 1. The van der Waals surface area contributed by atoms with Gasteiger partial charge in [0.1, 0.15) is 16.5 Å². The van der Waals surface area contributed by atoms with Crippen molar-refractivity contribution in [3.63, 3.8) is 0 Å². The predicted octanol–water partition coefficient (Wildman–Crippen LogP) is 3.52. The number of carbonyl (C=O) groups is 1. The maximum Gasteiger partial charge on any atom is 0.298 e. The molecule has 1 aliphatic heterocycles. The maximum absolute atomic E-state index is 10.5. The number of anilines is 1. The van der Waals surface area contributed by atoms with Crippen LogP contribution < -0.4 is 5.32 Å². The molecule has 5 rings (SSSR count). The summed E-state index contributed by atoms with van der Waals surface area (Å²) in [6.45, 7) is 1.25. The van der Waals surface area contributed by atoms with Crippen LogP contribution in [0.5, 0.6) is 0 Å². The Bertz CT molecular complexity index is 1270. The van der Waals surface area contributed by atoms with Crippen molar-refractivity contribution in [2.45, 2.75) is 13.0 Å². The van der Waals surface area contributed by atoms with Crippen LogP contribution in [0.4, 0.5) is 5.95 Å².